The van der Waals surface area contributed by atoms with Crippen molar-refractivity contribution in [2.75, 3.05) is 0 Å². The van der Waals surface area contributed by atoms with Gasteiger partial charge in [-0.05, 0) is 35.7 Å². The Balaban J connectivity index is 1.89. The van der Waals surface area contributed by atoms with Gasteiger partial charge < -0.3 is 14.3 Å². The van der Waals surface area contributed by atoms with E-state index in [1.54, 1.807) is 12.1 Å². The Morgan fingerprint density at radius 3 is 2.82 bits per heavy atom. The number of rotatable bonds is 4. The highest BCUT2D eigenvalue weighted by atomic mass is 32.1. The van der Waals surface area contributed by atoms with Crippen LogP contribution in [0.5, 0.6) is 0 Å². The third-order valence-electron chi connectivity index (χ3n) is 3.06. The van der Waals surface area contributed by atoms with Crippen molar-refractivity contribution in [2.24, 2.45) is 0 Å². The quantitative estimate of drug-likeness (QED) is 0.853. The van der Waals surface area contributed by atoms with Crippen LogP contribution in [-0.4, -0.2) is 16.9 Å². The molecule has 112 valence electrons. The maximum atomic E-state index is 12.2. The van der Waals surface area contributed by atoms with Gasteiger partial charge in [0, 0.05) is 6.08 Å². The van der Waals surface area contributed by atoms with Crippen molar-refractivity contribution >= 4 is 28.9 Å². The molecule has 2 aromatic rings. The van der Waals surface area contributed by atoms with Crippen LogP contribution in [0.4, 0.5) is 0 Å². The highest BCUT2D eigenvalue weighted by molar-refractivity contribution is 7.11. The van der Waals surface area contributed by atoms with E-state index < -0.39 is 17.9 Å². The Bertz CT molecular complexity index is 732. The largest absolute Gasteiger partial charge is 0.545 e. The van der Waals surface area contributed by atoms with Crippen LogP contribution >= 0.6 is 11.3 Å². The van der Waals surface area contributed by atoms with Crippen LogP contribution in [-0.2, 0) is 9.59 Å². The van der Waals surface area contributed by atoms with Crippen LogP contribution in [0.3, 0.4) is 0 Å². The van der Waals surface area contributed by atoms with Crippen molar-refractivity contribution in [3.05, 3.63) is 64.8 Å². The molecule has 1 atom stereocenters. The van der Waals surface area contributed by atoms with E-state index in [0.29, 0.717) is 11.8 Å². The lowest BCUT2D eigenvalue weighted by molar-refractivity contribution is -0.297. The Morgan fingerprint density at radius 1 is 1.32 bits per heavy atom. The van der Waals surface area contributed by atoms with Gasteiger partial charge in [0.25, 0.3) is 5.91 Å². The minimum Gasteiger partial charge on any atom is -0.545 e. The number of hydrazine groups is 1. The van der Waals surface area contributed by atoms with Gasteiger partial charge >= 0.3 is 0 Å². The molecule has 1 N–H and O–H groups in total. The molecule has 22 heavy (non-hydrogen) atoms. The second-order valence-corrected chi connectivity index (χ2v) is 5.44. The molecule has 1 aliphatic heterocycles. The van der Waals surface area contributed by atoms with Crippen LogP contribution < -0.4 is 10.5 Å². The van der Waals surface area contributed by atoms with E-state index in [1.807, 2.05) is 23.6 Å². The van der Waals surface area contributed by atoms with Crippen molar-refractivity contribution in [3.8, 4) is 0 Å². The predicted octanol–water partition coefficient (Wildman–Crippen LogP) is 1.08. The summed E-state index contributed by atoms with van der Waals surface area (Å²) >= 11 is 1.53. The molecule has 1 aliphatic rings. The molecule has 0 aromatic carbocycles. The Kier molecular flexibility index (Phi) is 3.80. The van der Waals surface area contributed by atoms with Crippen LogP contribution in [0, 0.1) is 0 Å². The van der Waals surface area contributed by atoms with E-state index in [4.69, 9.17) is 4.42 Å². The molecule has 1 amide bonds. The third kappa shape index (κ3) is 2.79. The lowest BCUT2D eigenvalue weighted by atomic mass is 10.2. The number of thiophene rings is 1. The molecule has 2 aromatic heterocycles. The Hall–Kier alpha value is -2.80. The topological polar surface area (TPSA) is 85.6 Å². The summed E-state index contributed by atoms with van der Waals surface area (Å²) in [5.74, 6) is -1.35. The van der Waals surface area contributed by atoms with E-state index in [2.05, 4.69) is 5.43 Å². The van der Waals surface area contributed by atoms with Gasteiger partial charge in [0.05, 0.1) is 22.8 Å². The van der Waals surface area contributed by atoms with E-state index in [0.717, 1.165) is 16.7 Å². The number of hydrogen-bond donors (Lipinski definition) is 1. The molecule has 0 unspecified atom stereocenters. The van der Waals surface area contributed by atoms with Crippen molar-refractivity contribution in [1.82, 2.24) is 10.4 Å². The van der Waals surface area contributed by atoms with E-state index >= 15 is 0 Å². The van der Waals surface area contributed by atoms with Crippen LogP contribution in [0.25, 0.3) is 5.70 Å². The molecule has 0 aliphatic carbocycles. The highest BCUT2D eigenvalue weighted by Crippen LogP contribution is 2.33. The number of carbonyl (C=O) groups is 2. The lowest BCUT2D eigenvalue weighted by Crippen LogP contribution is -2.38. The second kappa shape index (κ2) is 5.90. The maximum Gasteiger partial charge on any atom is 0.265 e. The molecule has 7 heteroatoms. The van der Waals surface area contributed by atoms with Gasteiger partial charge in [-0.25, -0.2) is 5.01 Å². The molecule has 3 rings (SSSR count). The molecule has 0 fully saturated rings. The fourth-order valence-electron chi connectivity index (χ4n) is 2.12. The predicted molar refractivity (Wildman–Crippen MR) is 77.9 cm³/mol. The number of furan rings is 1. The monoisotopic (exact) mass is 315 g/mol. The van der Waals surface area contributed by atoms with Crippen molar-refractivity contribution in [3.63, 3.8) is 0 Å². The van der Waals surface area contributed by atoms with Gasteiger partial charge in [-0.3, -0.25) is 10.2 Å². The van der Waals surface area contributed by atoms with Crippen molar-refractivity contribution in [2.45, 2.75) is 6.04 Å². The van der Waals surface area contributed by atoms with E-state index in [9.17, 15) is 14.7 Å². The second-order valence-electron chi connectivity index (χ2n) is 4.49. The summed E-state index contributed by atoms with van der Waals surface area (Å²) in [5.41, 5.74) is 3.76. The molecule has 3 heterocycles. The lowest BCUT2D eigenvalue weighted by Gasteiger charge is -2.22. The first kappa shape index (κ1) is 14.2. The smallest absolute Gasteiger partial charge is 0.265 e. The highest BCUT2D eigenvalue weighted by Gasteiger charge is 2.31. The fourth-order valence-corrected chi connectivity index (χ4v) is 2.82. The first-order chi connectivity index (χ1) is 10.6. The summed E-state index contributed by atoms with van der Waals surface area (Å²) in [6.07, 6.45) is 5.03. The Labute approximate surface area is 129 Å². The Morgan fingerprint density at radius 2 is 2.18 bits per heavy atom. The molecule has 0 bridgehead atoms. The molecule has 0 radical (unpaired) electrons. The first-order valence-electron chi connectivity index (χ1n) is 6.43. The van der Waals surface area contributed by atoms with Crippen LogP contribution in [0.1, 0.15) is 16.7 Å². The van der Waals surface area contributed by atoms with Gasteiger partial charge in [-0.1, -0.05) is 6.07 Å². The molecule has 0 saturated carbocycles. The fraction of sp³-hybridized carbons (Fsp3) is 0.0667. The number of nitrogens with zero attached hydrogens (tertiary/aromatic N) is 1. The average molecular weight is 315 g/mol. The van der Waals surface area contributed by atoms with Gasteiger partial charge in [0.15, 0.2) is 0 Å². The minimum absolute atomic E-state index is 0.453. The van der Waals surface area contributed by atoms with Crippen molar-refractivity contribution < 1.29 is 19.1 Å². The zero-order chi connectivity index (χ0) is 15.5. The van der Waals surface area contributed by atoms with Gasteiger partial charge in [0.2, 0.25) is 0 Å². The third-order valence-corrected chi connectivity index (χ3v) is 3.97. The number of carboxylic acids is 1. The first-order valence-corrected chi connectivity index (χ1v) is 7.31. The SMILES string of the molecule is O=C([O-])C=CC(=O)N1NC(c2cccs2)=C[C@@H]1c1ccco1. The number of carbonyl (C=O) groups excluding carboxylic acids is 2. The molecule has 6 nitrogen and oxygen atoms in total. The summed E-state index contributed by atoms with van der Waals surface area (Å²) < 4.78 is 5.36. The number of nitrogens with one attached hydrogen (secondary N) is 1. The zero-order valence-electron chi connectivity index (χ0n) is 11.3. The summed E-state index contributed by atoms with van der Waals surface area (Å²) in [4.78, 5) is 23.6. The number of carboxylic acid groups (broad SMARTS) is 1. The minimum atomic E-state index is -1.42. The standard InChI is InChI=1S/C15H12N2O4S/c18-14(5-6-15(19)20)17-11(12-3-1-7-21-12)9-10(16-17)13-4-2-8-22-13/h1-9,11,16H,(H,19,20)/p-1/t11-/m1/s1. The number of amides is 1. The van der Waals surface area contributed by atoms with E-state index in [1.165, 1.54) is 22.6 Å². The van der Waals surface area contributed by atoms with Crippen molar-refractivity contribution in [1.29, 1.82) is 0 Å². The number of hydrogen-bond acceptors (Lipinski definition) is 6. The molecular weight excluding hydrogens is 304 g/mol. The molecular formula is C15H11N2O4S-. The van der Waals surface area contributed by atoms with Crippen LogP contribution in [0.15, 0.2) is 58.6 Å². The van der Waals surface area contributed by atoms with Gasteiger partial charge in [-0.15, -0.1) is 11.3 Å². The summed E-state index contributed by atoms with van der Waals surface area (Å²) in [5, 5.41) is 13.7. The summed E-state index contributed by atoms with van der Waals surface area (Å²) in [7, 11) is 0. The normalized spacial score (nSPS) is 17.5. The summed E-state index contributed by atoms with van der Waals surface area (Å²) in [6, 6.07) is 6.86. The zero-order valence-corrected chi connectivity index (χ0v) is 12.1. The number of aliphatic carboxylic acids is 1. The molecule has 0 spiro atoms. The van der Waals surface area contributed by atoms with Gasteiger partial charge in [-0.2, -0.15) is 0 Å². The molecule has 0 saturated heterocycles. The average Bonchev–Trinajstić information content (AvgIpc) is 3.23. The van der Waals surface area contributed by atoms with Crippen LogP contribution in [0.2, 0.25) is 0 Å². The summed E-state index contributed by atoms with van der Waals surface area (Å²) in [6.45, 7) is 0. The van der Waals surface area contributed by atoms with E-state index in [-0.39, 0.29) is 0 Å². The van der Waals surface area contributed by atoms with Gasteiger partial charge in [0.1, 0.15) is 11.8 Å². The maximum absolute atomic E-state index is 12.2.